The first-order chi connectivity index (χ1) is 8.52. The Kier molecular flexibility index (Phi) is 3.12. The number of aromatic nitrogens is 2. The van der Waals surface area contributed by atoms with E-state index in [2.05, 4.69) is 15.3 Å². The Labute approximate surface area is 103 Å². The van der Waals surface area contributed by atoms with Crippen molar-refractivity contribution in [1.82, 2.24) is 15.3 Å². The number of imidazole rings is 1. The predicted molar refractivity (Wildman–Crippen MR) is 65.6 cm³/mol. The molecule has 2 rings (SSSR count). The molecule has 0 spiro atoms. The molecule has 2 aromatic rings. The van der Waals surface area contributed by atoms with E-state index in [0.29, 0.717) is 5.56 Å². The fourth-order valence-corrected chi connectivity index (χ4v) is 1.82. The number of hydrogen-bond donors (Lipinski definition) is 3. The summed E-state index contributed by atoms with van der Waals surface area (Å²) in [5.41, 5.74) is 1.81. The average Bonchev–Trinajstić information content (AvgIpc) is 2.68. The molecule has 0 saturated carbocycles. The molecule has 1 aromatic carbocycles. The SMILES string of the molecule is CNC(C(=O)O)C(=O)c1ccc2nc(C)[nH]c2c1. The van der Waals surface area contributed by atoms with Gasteiger partial charge in [0, 0.05) is 5.56 Å². The fraction of sp³-hybridized carbons (Fsp3) is 0.250. The first-order valence-electron chi connectivity index (χ1n) is 5.43. The highest BCUT2D eigenvalue weighted by Crippen LogP contribution is 2.15. The lowest BCUT2D eigenvalue weighted by Gasteiger charge is -2.09. The van der Waals surface area contributed by atoms with Crippen LogP contribution in [0.1, 0.15) is 16.2 Å². The Morgan fingerprint density at radius 1 is 1.44 bits per heavy atom. The van der Waals surface area contributed by atoms with Crippen molar-refractivity contribution in [3.63, 3.8) is 0 Å². The molecule has 0 amide bonds. The number of aromatic amines is 1. The largest absolute Gasteiger partial charge is 0.480 e. The van der Waals surface area contributed by atoms with Crippen LogP contribution in [0, 0.1) is 6.92 Å². The Morgan fingerprint density at radius 3 is 2.78 bits per heavy atom. The standard InChI is InChI=1S/C12H13N3O3/c1-6-14-8-4-3-7(5-9(8)15-6)11(16)10(13-2)12(17)18/h3-5,10,13H,1-2H3,(H,14,15)(H,17,18). The number of benzene rings is 1. The van der Waals surface area contributed by atoms with Crippen molar-refractivity contribution in [2.45, 2.75) is 13.0 Å². The third-order valence-electron chi connectivity index (χ3n) is 2.68. The molecule has 1 atom stereocenters. The van der Waals surface area contributed by atoms with Crippen LogP contribution < -0.4 is 5.32 Å². The van der Waals surface area contributed by atoms with Crippen LogP contribution in [0.3, 0.4) is 0 Å². The number of H-pyrrole nitrogens is 1. The number of fused-ring (bicyclic) bond motifs is 1. The van der Waals surface area contributed by atoms with E-state index in [1.807, 2.05) is 6.92 Å². The van der Waals surface area contributed by atoms with E-state index in [1.165, 1.54) is 7.05 Å². The molecule has 0 aliphatic heterocycles. The zero-order chi connectivity index (χ0) is 13.3. The van der Waals surface area contributed by atoms with Crippen molar-refractivity contribution in [2.24, 2.45) is 0 Å². The molecule has 94 valence electrons. The molecular formula is C12H13N3O3. The number of nitrogens with one attached hydrogen (secondary N) is 2. The first kappa shape index (κ1) is 12.3. The summed E-state index contributed by atoms with van der Waals surface area (Å²) in [6.45, 7) is 1.81. The number of nitrogens with zero attached hydrogens (tertiary/aromatic N) is 1. The molecule has 1 unspecified atom stereocenters. The number of likely N-dealkylation sites (N-methyl/N-ethyl adjacent to an activating group) is 1. The van der Waals surface area contributed by atoms with Crippen LogP contribution in [0.5, 0.6) is 0 Å². The Bertz CT molecular complexity index is 618. The van der Waals surface area contributed by atoms with Crippen LogP contribution in [0.2, 0.25) is 0 Å². The molecule has 0 bridgehead atoms. The fourth-order valence-electron chi connectivity index (χ4n) is 1.82. The van der Waals surface area contributed by atoms with Crippen LogP contribution in [-0.2, 0) is 4.79 Å². The van der Waals surface area contributed by atoms with E-state index in [4.69, 9.17) is 5.11 Å². The number of ketones is 1. The van der Waals surface area contributed by atoms with Crippen LogP contribution in [0.15, 0.2) is 18.2 Å². The van der Waals surface area contributed by atoms with Gasteiger partial charge in [-0.1, -0.05) is 0 Å². The molecule has 0 radical (unpaired) electrons. The zero-order valence-electron chi connectivity index (χ0n) is 10.0. The number of aryl methyl sites for hydroxylation is 1. The highest BCUT2D eigenvalue weighted by molar-refractivity contribution is 6.12. The van der Waals surface area contributed by atoms with E-state index in [-0.39, 0.29) is 0 Å². The topological polar surface area (TPSA) is 95.1 Å². The highest BCUT2D eigenvalue weighted by Gasteiger charge is 2.25. The summed E-state index contributed by atoms with van der Waals surface area (Å²) in [7, 11) is 1.44. The van der Waals surface area contributed by atoms with Crippen molar-refractivity contribution in [2.75, 3.05) is 7.05 Å². The van der Waals surface area contributed by atoms with Crippen LogP contribution in [0.4, 0.5) is 0 Å². The van der Waals surface area contributed by atoms with Gasteiger partial charge in [-0.05, 0) is 32.2 Å². The number of carbonyl (C=O) groups excluding carboxylic acids is 1. The quantitative estimate of drug-likeness (QED) is 0.546. The Hall–Kier alpha value is -2.21. The second-order valence-electron chi connectivity index (χ2n) is 3.98. The zero-order valence-corrected chi connectivity index (χ0v) is 10.0. The monoisotopic (exact) mass is 247 g/mol. The van der Waals surface area contributed by atoms with Gasteiger partial charge in [-0.15, -0.1) is 0 Å². The van der Waals surface area contributed by atoms with Gasteiger partial charge in [-0.25, -0.2) is 4.98 Å². The summed E-state index contributed by atoms with van der Waals surface area (Å²) in [6, 6.07) is 3.66. The predicted octanol–water partition coefficient (Wildman–Crippen LogP) is 0.727. The minimum Gasteiger partial charge on any atom is -0.480 e. The third-order valence-corrected chi connectivity index (χ3v) is 2.68. The molecular weight excluding hydrogens is 234 g/mol. The van der Waals surface area contributed by atoms with Crippen LogP contribution >= 0.6 is 0 Å². The molecule has 3 N–H and O–H groups in total. The molecule has 6 heteroatoms. The number of rotatable bonds is 4. The van der Waals surface area contributed by atoms with E-state index in [0.717, 1.165) is 16.9 Å². The minimum absolute atomic E-state index is 0.341. The number of carboxylic acids is 1. The van der Waals surface area contributed by atoms with Gasteiger partial charge in [0.05, 0.1) is 11.0 Å². The second kappa shape index (κ2) is 4.58. The van der Waals surface area contributed by atoms with Gasteiger partial charge in [0.25, 0.3) is 0 Å². The summed E-state index contributed by atoms with van der Waals surface area (Å²) < 4.78 is 0. The van der Waals surface area contributed by atoms with E-state index < -0.39 is 17.8 Å². The van der Waals surface area contributed by atoms with E-state index in [1.54, 1.807) is 18.2 Å². The van der Waals surface area contributed by atoms with Crippen molar-refractivity contribution >= 4 is 22.8 Å². The van der Waals surface area contributed by atoms with Gasteiger partial charge in [-0.3, -0.25) is 9.59 Å². The molecule has 6 nitrogen and oxygen atoms in total. The first-order valence-corrected chi connectivity index (χ1v) is 5.43. The highest BCUT2D eigenvalue weighted by atomic mass is 16.4. The van der Waals surface area contributed by atoms with E-state index in [9.17, 15) is 9.59 Å². The van der Waals surface area contributed by atoms with Crippen molar-refractivity contribution in [3.05, 3.63) is 29.6 Å². The minimum atomic E-state index is -1.23. The summed E-state index contributed by atoms with van der Waals surface area (Å²) >= 11 is 0. The number of carbonyl (C=O) groups is 2. The number of carboxylic acid groups (broad SMARTS) is 1. The van der Waals surface area contributed by atoms with Crippen LogP contribution in [-0.4, -0.2) is 39.9 Å². The Morgan fingerprint density at radius 2 is 2.17 bits per heavy atom. The van der Waals surface area contributed by atoms with Gasteiger partial charge in [0.15, 0.2) is 11.8 Å². The molecule has 1 heterocycles. The van der Waals surface area contributed by atoms with Crippen molar-refractivity contribution < 1.29 is 14.7 Å². The molecule has 0 fully saturated rings. The van der Waals surface area contributed by atoms with Crippen molar-refractivity contribution in [1.29, 1.82) is 0 Å². The van der Waals surface area contributed by atoms with Gasteiger partial charge in [-0.2, -0.15) is 0 Å². The number of aliphatic carboxylic acids is 1. The maximum atomic E-state index is 12.0. The van der Waals surface area contributed by atoms with Gasteiger partial charge in [0.1, 0.15) is 5.82 Å². The summed E-state index contributed by atoms with van der Waals surface area (Å²) in [6.07, 6.45) is 0. The molecule has 0 aliphatic carbocycles. The van der Waals surface area contributed by atoms with Gasteiger partial charge < -0.3 is 15.4 Å². The number of Topliss-reactive ketones (excluding diaryl/α,β-unsaturated/α-hetero) is 1. The van der Waals surface area contributed by atoms with Crippen molar-refractivity contribution in [3.8, 4) is 0 Å². The molecule has 0 saturated heterocycles. The number of hydrogen-bond acceptors (Lipinski definition) is 4. The van der Waals surface area contributed by atoms with Crippen LogP contribution in [0.25, 0.3) is 11.0 Å². The molecule has 18 heavy (non-hydrogen) atoms. The lowest BCUT2D eigenvalue weighted by Crippen LogP contribution is -2.41. The normalized spacial score (nSPS) is 12.6. The summed E-state index contributed by atoms with van der Waals surface area (Å²) in [4.78, 5) is 30.1. The van der Waals surface area contributed by atoms with E-state index >= 15 is 0 Å². The molecule has 1 aromatic heterocycles. The summed E-state index contributed by atoms with van der Waals surface area (Å²) in [5.74, 6) is -0.916. The summed E-state index contributed by atoms with van der Waals surface area (Å²) in [5, 5.41) is 11.4. The molecule has 0 aliphatic rings. The maximum Gasteiger partial charge on any atom is 0.328 e. The Balaban J connectivity index is 2.41. The second-order valence-corrected chi connectivity index (χ2v) is 3.98. The lowest BCUT2D eigenvalue weighted by atomic mass is 10.0. The van der Waals surface area contributed by atoms with Gasteiger partial charge in [0.2, 0.25) is 0 Å². The maximum absolute atomic E-state index is 12.0. The van der Waals surface area contributed by atoms with Gasteiger partial charge >= 0.3 is 5.97 Å². The average molecular weight is 247 g/mol. The third kappa shape index (κ3) is 2.10. The lowest BCUT2D eigenvalue weighted by molar-refractivity contribution is -0.137. The smallest absolute Gasteiger partial charge is 0.328 e.